The number of nitrogens with one attached hydrogen (secondary N) is 1. The van der Waals surface area contributed by atoms with Gasteiger partial charge in [0.05, 0.1) is 11.4 Å². The molecule has 0 spiro atoms. The minimum atomic E-state index is 1.19. The summed E-state index contributed by atoms with van der Waals surface area (Å²) in [6, 6.07) is 19.6. The van der Waals surface area contributed by atoms with E-state index in [-0.39, 0.29) is 0 Å². The molecule has 0 radical (unpaired) electrons. The lowest BCUT2D eigenvalue weighted by atomic mass is 9.92. The molecule has 3 aromatic rings. The van der Waals surface area contributed by atoms with E-state index in [4.69, 9.17) is 0 Å². The van der Waals surface area contributed by atoms with E-state index in [1.165, 1.54) is 49.0 Å². The Bertz CT molecular complexity index is 888. The van der Waals surface area contributed by atoms with Crippen LogP contribution >= 0.6 is 11.8 Å². The summed E-state index contributed by atoms with van der Waals surface area (Å²) in [5, 5.41) is 3.66. The highest BCUT2D eigenvalue weighted by molar-refractivity contribution is 7.99. The Morgan fingerprint density at radius 2 is 1.48 bits per heavy atom. The second kappa shape index (κ2) is 5.47. The highest BCUT2D eigenvalue weighted by Gasteiger charge is 2.20. The molecule has 1 aliphatic heterocycles. The zero-order valence-corrected chi connectivity index (χ0v) is 14.4. The van der Waals surface area contributed by atoms with E-state index >= 15 is 0 Å². The van der Waals surface area contributed by atoms with Crippen molar-refractivity contribution < 1.29 is 0 Å². The number of anilines is 2. The van der Waals surface area contributed by atoms with Crippen LogP contribution in [-0.2, 0) is 0 Å². The highest BCUT2D eigenvalue weighted by Crippen LogP contribution is 2.48. The summed E-state index contributed by atoms with van der Waals surface area (Å²) in [7, 11) is 0. The van der Waals surface area contributed by atoms with E-state index in [0.717, 1.165) is 0 Å². The molecule has 1 aliphatic rings. The van der Waals surface area contributed by atoms with Crippen LogP contribution in [0.25, 0.3) is 11.1 Å². The van der Waals surface area contributed by atoms with Gasteiger partial charge in [-0.05, 0) is 55.7 Å². The lowest BCUT2D eigenvalue weighted by molar-refractivity contribution is 1.29. The third-order valence-electron chi connectivity index (χ3n) is 4.34. The first-order valence-corrected chi connectivity index (χ1v) is 8.70. The van der Waals surface area contributed by atoms with Crippen LogP contribution in [0, 0.1) is 20.8 Å². The molecule has 1 heterocycles. The van der Waals surface area contributed by atoms with Gasteiger partial charge in [-0.25, -0.2) is 0 Å². The SMILES string of the molecule is Cc1cc(C)c(-c2cccc3c2Nc2ccccc2S3)c(C)c1. The van der Waals surface area contributed by atoms with Gasteiger partial charge in [0.25, 0.3) is 0 Å². The van der Waals surface area contributed by atoms with E-state index in [0.29, 0.717) is 0 Å². The van der Waals surface area contributed by atoms with Crippen LogP contribution in [0.2, 0.25) is 0 Å². The third kappa shape index (κ3) is 2.43. The van der Waals surface area contributed by atoms with Gasteiger partial charge >= 0.3 is 0 Å². The number of hydrogen-bond acceptors (Lipinski definition) is 2. The number of hydrogen-bond donors (Lipinski definition) is 1. The summed E-state index contributed by atoms with van der Waals surface area (Å²) < 4.78 is 0. The fourth-order valence-electron chi connectivity index (χ4n) is 3.47. The van der Waals surface area contributed by atoms with Gasteiger partial charge < -0.3 is 5.32 Å². The number of rotatable bonds is 1. The third-order valence-corrected chi connectivity index (χ3v) is 5.48. The van der Waals surface area contributed by atoms with Crippen LogP contribution in [0.15, 0.2) is 64.4 Å². The fourth-order valence-corrected chi connectivity index (χ4v) is 4.49. The standard InChI is InChI=1S/C21H19NS/c1-13-11-14(2)20(15(3)12-13)16-7-6-10-19-21(16)22-17-8-4-5-9-18(17)23-19/h4-12,22H,1-3H3. The van der Waals surface area contributed by atoms with Crippen LogP contribution in [-0.4, -0.2) is 0 Å². The molecule has 23 heavy (non-hydrogen) atoms. The van der Waals surface area contributed by atoms with Gasteiger partial charge in [-0.3, -0.25) is 0 Å². The zero-order valence-electron chi connectivity index (χ0n) is 13.6. The molecule has 0 atom stereocenters. The summed E-state index contributed by atoms with van der Waals surface area (Å²) in [5.41, 5.74) is 9.05. The summed E-state index contributed by atoms with van der Waals surface area (Å²) in [6.07, 6.45) is 0. The summed E-state index contributed by atoms with van der Waals surface area (Å²) in [5.74, 6) is 0. The van der Waals surface area contributed by atoms with E-state index in [1.54, 1.807) is 0 Å². The molecule has 0 amide bonds. The lowest BCUT2D eigenvalue weighted by Gasteiger charge is -2.24. The first-order chi connectivity index (χ1) is 11.1. The Labute approximate surface area is 141 Å². The summed E-state index contributed by atoms with van der Waals surface area (Å²) in [4.78, 5) is 2.58. The maximum Gasteiger partial charge on any atom is 0.0606 e. The quantitative estimate of drug-likeness (QED) is 0.431. The largest absolute Gasteiger partial charge is 0.353 e. The average Bonchev–Trinajstić information content (AvgIpc) is 2.52. The van der Waals surface area contributed by atoms with Crippen LogP contribution in [0.4, 0.5) is 11.4 Å². The Hall–Kier alpha value is -2.19. The Balaban J connectivity index is 1.91. The van der Waals surface area contributed by atoms with Crippen molar-refractivity contribution in [3.05, 3.63) is 71.3 Å². The normalized spacial score (nSPS) is 12.3. The van der Waals surface area contributed by atoms with Crippen molar-refractivity contribution in [3.8, 4) is 11.1 Å². The Morgan fingerprint density at radius 1 is 0.783 bits per heavy atom. The van der Waals surface area contributed by atoms with Gasteiger partial charge in [0.2, 0.25) is 0 Å². The van der Waals surface area contributed by atoms with Crippen LogP contribution in [0.1, 0.15) is 16.7 Å². The molecule has 0 aromatic heterocycles. The van der Waals surface area contributed by atoms with Crippen molar-refractivity contribution in [1.82, 2.24) is 0 Å². The molecule has 1 N–H and O–H groups in total. The number of benzene rings is 3. The maximum atomic E-state index is 3.66. The monoisotopic (exact) mass is 317 g/mol. The average molecular weight is 317 g/mol. The van der Waals surface area contributed by atoms with Crippen molar-refractivity contribution in [2.75, 3.05) is 5.32 Å². The predicted molar refractivity (Wildman–Crippen MR) is 99.9 cm³/mol. The molecule has 3 aromatic carbocycles. The molecule has 0 aliphatic carbocycles. The number of aryl methyl sites for hydroxylation is 3. The van der Waals surface area contributed by atoms with Gasteiger partial charge in [0.1, 0.15) is 0 Å². The number of para-hydroxylation sites is 2. The second-order valence-electron chi connectivity index (χ2n) is 6.18. The van der Waals surface area contributed by atoms with Crippen LogP contribution < -0.4 is 5.32 Å². The van der Waals surface area contributed by atoms with E-state index in [9.17, 15) is 0 Å². The smallest absolute Gasteiger partial charge is 0.0606 e. The lowest BCUT2D eigenvalue weighted by Crippen LogP contribution is -2.02. The van der Waals surface area contributed by atoms with Crippen LogP contribution in [0.5, 0.6) is 0 Å². The van der Waals surface area contributed by atoms with Gasteiger partial charge in [0, 0.05) is 15.4 Å². The van der Waals surface area contributed by atoms with Gasteiger partial charge in [-0.1, -0.05) is 53.7 Å². The molecular formula is C21H19NS. The molecule has 0 unspecified atom stereocenters. The van der Waals surface area contributed by atoms with Gasteiger partial charge in [0.15, 0.2) is 0 Å². The van der Waals surface area contributed by atoms with Gasteiger partial charge in [-0.2, -0.15) is 0 Å². The Morgan fingerprint density at radius 3 is 2.26 bits per heavy atom. The predicted octanol–water partition coefficient (Wildman–Crippen LogP) is 6.49. The summed E-state index contributed by atoms with van der Waals surface area (Å²) >= 11 is 1.84. The van der Waals surface area contributed by atoms with Crippen molar-refractivity contribution >= 4 is 23.1 Å². The molecule has 0 saturated heterocycles. The number of fused-ring (bicyclic) bond motifs is 2. The minimum Gasteiger partial charge on any atom is -0.353 e. The first-order valence-electron chi connectivity index (χ1n) is 7.88. The second-order valence-corrected chi connectivity index (χ2v) is 7.26. The minimum absolute atomic E-state index is 1.19. The fraction of sp³-hybridized carbons (Fsp3) is 0.143. The molecule has 2 heteroatoms. The molecular weight excluding hydrogens is 298 g/mol. The van der Waals surface area contributed by atoms with E-state index in [2.05, 4.69) is 80.7 Å². The zero-order chi connectivity index (χ0) is 16.0. The molecule has 0 fully saturated rings. The van der Waals surface area contributed by atoms with Crippen molar-refractivity contribution in [2.45, 2.75) is 30.6 Å². The molecule has 0 bridgehead atoms. The molecule has 0 saturated carbocycles. The van der Waals surface area contributed by atoms with E-state index < -0.39 is 0 Å². The molecule has 1 nitrogen and oxygen atoms in total. The van der Waals surface area contributed by atoms with Crippen molar-refractivity contribution in [1.29, 1.82) is 0 Å². The topological polar surface area (TPSA) is 12.0 Å². The summed E-state index contributed by atoms with van der Waals surface area (Å²) in [6.45, 7) is 6.58. The van der Waals surface area contributed by atoms with Crippen LogP contribution in [0.3, 0.4) is 0 Å². The van der Waals surface area contributed by atoms with E-state index in [1.807, 2.05) is 11.8 Å². The first kappa shape index (κ1) is 14.4. The van der Waals surface area contributed by atoms with Crippen molar-refractivity contribution in [3.63, 3.8) is 0 Å². The maximum absolute atomic E-state index is 3.66. The van der Waals surface area contributed by atoms with Gasteiger partial charge in [-0.15, -0.1) is 0 Å². The molecule has 4 rings (SSSR count). The van der Waals surface area contributed by atoms with Crippen molar-refractivity contribution in [2.24, 2.45) is 0 Å². The highest BCUT2D eigenvalue weighted by atomic mass is 32.2. The molecule has 114 valence electrons. The Kier molecular flexibility index (Phi) is 3.42.